The molecule has 0 saturated carbocycles. The number of rotatable bonds is 11. The number of nitro groups is 2. The van der Waals surface area contributed by atoms with Crippen LogP contribution in [0.5, 0.6) is 0 Å². The average molecular weight is 428 g/mol. The predicted molar refractivity (Wildman–Crippen MR) is 100 cm³/mol. The number of nitro benzene ring substituents is 2. The van der Waals surface area contributed by atoms with Gasteiger partial charge in [-0.15, -0.1) is 0 Å². The Morgan fingerprint density at radius 2 is 1.50 bits per heavy atom. The van der Waals surface area contributed by atoms with Crippen molar-refractivity contribution < 1.29 is 32.3 Å². The number of carbonyl (C=O) groups excluding carboxylic acids is 1. The van der Waals surface area contributed by atoms with E-state index in [1.54, 1.807) is 0 Å². The molecular formula is C15H21N2NaO9S. The number of nitrogens with zero attached hydrogens (tertiary/aromatic N) is 2. The molecule has 0 spiro atoms. The Hall–Kier alpha value is -1.60. The average Bonchev–Trinajstić information content (AvgIpc) is 2.58. The van der Waals surface area contributed by atoms with Crippen molar-refractivity contribution in [3.05, 3.63) is 37.9 Å². The van der Waals surface area contributed by atoms with Crippen LogP contribution in [0.3, 0.4) is 0 Å². The van der Waals surface area contributed by atoms with Gasteiger partial charge >= 0.3 is 45.6 Å². The molecule has 0 bridgehead atoms. The van der Waals surface area contributed by atoms with Crippen LogP contribution < -0.4 is 0 Å². The molecule has 0 radical (unpaired) electrons. The number of benzene rings is 1. The molecule has 1 aromatic carbocycles. The third-order valence-electron chi connectivity index (χ3n) is 3.67. The molecule has 28 heavy (non-hydrogen) atoms. The summed E-state index contributed by atoms with van der Waals surface area (Å²) < 4.78 is 36.6. The topological polar surface area (TPSA) is 167 Å². The van der Waals surface area contributed by atoms with Gasteiger partial charge in [-0.3, -0.25) is 24.8 Å². The third-order valence-corrected chi connectivity index (χ3v) is 4.60. The van der Waals surface area contributed by atoms with Crippen molar-refractivity contribution in [2.45, 2.75) is 50.3 Å². The Labute approximate surface area is 183 Å². The van der Waals surface area contributed by atoms with E-state index in [0.29, 0.717) is 18.6 Å². The summed E-state index contributed by atoms with van der Waals surface area (Å²) in [6.07, 6.45) is 5.59. The van der Waals surface area contributed by atoms with Gasteiger partial charge in [0.05, 0.1) is 22.0 Å². The summed E-state index contributed by atoms with van der Waals surface area (Å²) >= 11 is 0. The van der Waals surface area contributed by atoms with Crippen molar-refractivity contribution in [3.63, 3.8) is 0 Å². The molecule has 0 atom stereocenters. The Bertz CT molecular complexity index is 792. The number of esters is 1. The summed E-state index contributed by atoms with van der Waals surface area (Å²) in [5, 5.41) is 22.1. The fourth-order valence-electron chi connectivity index (χ4n) is 2.38. The van der Waals surface area contributed by atoms with Crippen molar-refractivity contribution >= 4 is 57.0 Å². The van der Waals surface area contributed by atoms with Gasteiger partial charge in [-0.2, -0.15) is 8.42 Å². The van der Waals surface area contributed by atoms with Crippen LogP contribution in [0.15, 0.2) is 17.0 Å². The van der Waals surface area contributed by atoms with E-state index in [1.165, 1.54) is 0 Å². The van der Waals surface area contributed by atoms with Crippen LogP contribution in [0.1, 0.15) is 55.8 Å². The fraction of sp³-hybridized carbons (Fsp3) is 0.533. The SMILES string of the molecule is CCCCCCCCOC(=O)c1cc([N+](=O)[O-])c(S(=O)(=O)O)c([N+](=O)[O-])c1.[NaH]. The van der Waals surface area contributed by atoms with Crippen molar-refractivity contribution in [3.8, 4) is 0 Å². The van der Waals surface area contributed by atoms with Gasteiger partial charge in [0.15, 0.2) is 0 Å². The minimum atomic E-state index is -5.26. The Morgan fingerprint density at radius 3 is 1.93 bits per heavy atom. The van der Waals surface area contributed by atoms with Gasteiger partial charge < -0.3 is 4.74 Å². The fourth-order valence-corrected chi connectivity index (χ4v) is 3.18. The van der Waals surface area contributed by atoms with Crippen molar-refractivity contribution in [1.82, 2.24) is 0 Å². The minimum absolute atomic E-state index is 0. The third kappa shape index (κ3) is 7.80. The normalized spacial score (nSPS) is 10.8. The first-order valence-electron chi connectivity index (χ1n) is 8.21. The van der Waals surface area contributed by atoms with Crippen LogP contribution in [0.25, 0.3) is 0 Å². The van der Waals surface area contributed by atoms with Crippen molar-refractivity contribution in [2.75, 3.05) is 6.61 Å². The molecule has 11 nitrogen and oxygen atoms in total. The predicted octanol–water partition coefficient (Wildman–Crippen LogP) is 2.62. The molecular weight excluding hydrogens is 407 g/mol. The Morgan fingerprint density at radius 1 is 1.04 bits per heavy atom. The zero-order valence-corrected chi connectivity index (χ0v) is 15.4. The molecule has 0 amide bonds. The van der Waals surface area contributed by atoms with Crippen LogP contribution in [-0.2, 0) is 14.9 Å². The van der Waals surface area contributed by atoms with Gasteiger partial charge in [0.2, 0.25) is 4.90 Å². The van der Waals surface area contributed by atoms with Crippen LogP contribution in [0, 0.1) is 20.2 Å². The number of ether oxygens (including phenoxy) is 1. The van der Waals surface area contributed by atoms with Crippen LogP contribution >= 0.6 is 0 Å². The van der Waals surface area contributed by atoms with Crippen LogP contribution in [-0.4, -0.2) is 65.0 Å². The van der Waals surface area contributed by atoms with E-state index in [9.17, 15) is 33.4 Å². The van der Waals surface area contributed by atoms with Gasteiger partial charge in [0.25, 0.3) is 11.4 Å². The monoisotopic (exact) mass is 428 g/mol. The van der Waals surface area contributed by atoms with E-state index in [4.69, 9.17) is 9.29 Å². The molecule has 13 heteroatoms. The van der Waals surface area contributed by atoms with E-state index < -0.39 is 47.8 Å². The summed E-state index contributed by atoms with van der Waals surface area (Å²) in [5.41, 5.74) is -3.11. The van der Waals surface area contributed by atoms with Gasteiger partial charge in [-0.05, 0) is 6.42 Å². The van der Waals surface area contributed by atoms with Gasteiger partial charge in [0.1, 0.15) is 0 Å². The first-order valence-corrected chi connectivity index (χ1v) is 9.65. The molecule has 0 fully saturated rings. The summed E-state index contributed by atoms with van der Waals surface area (Å²) in [5.74, 6) is -1.06. The molecule has 152 valence electrons. The standard InChI is InChI=1S/C15H20N2O9S.Na.H/c1-2-3-4-5-6-7-8-26-15(18)11-9-12(16(19)20)14(27(23,24)25)13(10-11)17(21)22;;/h9-10H,2-8H2,1H3,(H,23,24,25);;. The van der Waals surface area contributed by atoms with Crippen molar-refractivity contribution in [1.29, 1.82) is 0 Å². The number of carbonyl (C=O) groups is 1. The zero-order chi connectivity index (χ0) is 20.6. The molecule has 1 rings (SSSR count). The number of hydrogen-bond acceptors (Lipinski definition) is 8. The molecule has 0 aromatic heterocycles. The summed E-state index contributed by atoms with van der Waals surface area (Å²) in [6, 6.07) is 1.05. The Balaban J connectivity index is 0.00000729. The number of hydrogen-bond donors (Lipinski definition) is 1. The van der Waals surface area contributed by atoms with Crippen molar-refractivity contribution in [2.24, 2.45) is 0 Å². The molecule has 0 unspecified atom stereocenters. The van der Waals surface area contributed by atoms with E-state index in [1.807, 2.05) is 0 Å². The maximum atomic E-state index is 12.0. The molecule has 1 N–H and O–H groups in total. The second-order valence-electron chi connectivity index (χ2n) is 5.74. The first-order chi connectivity index (χ1) is 12.6. The van der Waals surface area contributed by atoms with E-state index in [-0.39, 0.29) is 36.2 Å². The van der Waals surface area contributed by atoms with E-state index in [2.05, 4.69) is 6.92 Å². The second kappa shape index (κ2) is 12.1. The summed E-state index contributed by atoms with van der Waals surface area (Å²) in [7, 11) is -5.26. The van der Waals surface area contributed by atoms with E-state index >= 15 is 0 Å². The number of unbranched alkanes of at least 4 members (excludes halogenated alkanes) is 5. The molecule has 0 saturated heterocycles. The van der Waals surface area contributed by atoms with Crippen LogP contribution in [0.2, 0.25) is 0 Å². The summed E-state index contributed by atoms with van der Waals surface area (Å²) in [6.45, 7) is 2.10. The summed E-state index contributed by atoms with van der Waals surface area (Å²) in [4.78, 5) is 30.2. The maximum absolute atomic E-state index is 12.0. The molecule has 1 aromatic rings. The molecule has 0 aliphatic rings. The molecule has 0 heterocycles. The Kier molecular flexibility index (Phi) is 11.4. The first kappa shape index (κ1) is 26.4. The van der Waals surface area contributed by atoms with Crippen LogP contribution in [0.4, 0.5) is 11.4 Å². The second-order valence-corrected chi connectivity index (χ2v) is 7.09. The van der Waals surface area contributed by atoms with Gasteiger partial charge in [-0.1, -0.05) is 39.0 Å². The quantitative estimate of drug-likeness (QED) is 0.139. The van der Waals surface area contributed by atoms with Gasteiger partial charge in [0, 0.05) is 12.1 Å². The van der Waals surface area contributed by atoms with Gasteiger partial charge in [-0.25, -0.2) is 4.79 Å². The molecule has 0 aliphatic heterocycles. The molecule has 0 aliphatic carbocycles. The van der Waals surface area contributed by atoms with E-state index in [0.717, 1.165) is 32.1 Å². The zero-order valence-electron chi connectivity index (χ0n) is 14.6.